The number of rotatable bonds is 4. The zero-order chi connectivity index (χ0) is 32.3. The summed E-state index contributed by atoms with van der Waals surface area (Å²) in [7, 11) is 0. The topological polar surface area (TPSA) is 13.1 Å². The fourth-order valence-electron chi connectivity index (χ4n) is 7.91. The van der Waals surface area contributed by atoms with Gasteiger partial charge in [0.1, 0.15) is 11.2 Å². The van der Waals surface area contributed by atoms with E-state index in [4.69, 9.17) is 4.42 Å². The van der Waals surface area contributed by atoms with Gasteiger partial charge in [-0.2, -0.15) is 0 Å². The third-order valence-corrected chi connectivity index (χ3v) is 10.1. The first kappa shape index (κ1) is 27.7. The molecule has 1 heteroatoms. The first-order valence-corrected chi connectivity index (χ1v) is 16.9. The molecule has 49 heavy (non-hydrogen) atoms. The molecule has 228 valence electrons. The lowest BCUT2D eigenvalue weighted by Gasteiger charge is -2.18. The summed E-state index contributed by atoms with van der Waals surface area (Å²) >= 11 is 0. The largest absolute Gasteiger partial charge is 0.455 e. The second-order valence-electron chi connectivity index (χ2n) is 12.8. The van der Waals surface area contributed by atoms with Gasteiger partial charge in [0.15, 0.2) is 0 Å². The van der Waals surface area contributed by atoms with Crippen molar-refractivity contribution >= 4 is 54.3 Å². The van der Waals surface area contributed by atoms with Crippen molar-refractivity contribution in [3.05, 3.63) is 182 Å². The lowest BCUT2D eigenvalue weighted by Crippen LogP contribution is -1.91. The SMILES string of the molecule is c1ccc(-c2ccc(-c3cccc4oc5c(-c6c7ccccc7c(-c7cccc8ccccc78)c7ccccc67)cccc5c34)cc2)cc1. The van der Waals surface area contributed by atoms with Crippen LogP contribution in [-0.2, 0) is 0 Å². The summed E-state index contributed by atoms with van der Waals surface area (Å²) < 4.78 is 6.86. The summed E-state index contributed by atoms with van der Waals surface area (Å²) in [6.07, 6.45) is 0. The van der Waals surface area contributed by atoms with E-state index < -0.39 is 0 Å². The first-order valence-electron chi connectivity index (χ1n) is 16.9. The van der Waals surface area contributed by atoms with Crippen LogP contribution in [0.25, 0.3) is 98.8 Å². The van der Waals surface area contributed by atoms with Gasteiger partial charge in [-0.15, -0.1) is 0 Å². The molecule has 0 aliphatic heterocycles. The normalized spacial score (nSPS) is 11.7. The molecule has 0 aliphatic carbocycles. The van der Waals surface area contributed by atoms with E-state index >= 15 is 0 Å². The van der Waals surface area contributed by atoms with Crippen molar-refractivity contribution in [2.24, 2.45) is 0 Å². The monoisotopic (exact) mass is 622 g/mol. The smallest absolute Gasteiger partial charge is 0.143 e. The van der Waals surface area contributed by atoms with E-state index in [2.05, 4.69) is 182 Å². The molecule has 0 spiro atoms. The number of fused-ring (bicyclic) bond motifs is 6. The van der Waals surface area contributed by atoms with Crippen LogP contribution in [0.3, 0.4) is 0 Å². The third-order valence-electron chi connectivity index (χ3n) is 10.1. The summed E-state index contributed by atoms with van der Waals surface area (Å²) in [6, 6.07) is 65.5. The van der Waals surface area contributed by atoms with Crippen LogP contribution >= 0.6 is 0 Å². The predicted octanol–water partition coefficient (Wildman–Crippen LogP) is 13.7. The molecule has 1 nitrogen and oxygen atoms in total. The van der Waals surface area contributed by atoms with Crippen molar-refractivity contribution < 1.29 is 4.42 Å². The molecule has 0 bridgehead atoms. The zero-order valence-corrected chi connectivity index (χ0v) is 26.7. The van der Waals surface area contributed by atoms with Gasteiger partial charge in [-0.05, 0) is 71.8 Å². The Morgan fingerprint density at radius 2 is 0.755 bits per heavy atom. The van der Waals surface area contributed by atoms with Crippen molar-refractivity contribution in [2.75, 3.05) is 0 Å². The molecular formula is C48H30O. The summed E-state index contributed by atoms with van der Waals surface area (Å²) in [4.78, 5) is 0. The lowest BCUT2D eigenvalue weighted by molar-refractivity contribution is 0.670. The molecule has 0 N–H and O–H groups in total. The minimum absolute atomic E-state index is 0.896. The van der Waals surface area contributed by atoms with E-state index in [1.165, 1.54) is 71.3 Å². The Hall–Kier alpha value is -6.44. The van der Waals surface area contributed by atoms with E-state index in [1.54, 1.807) is 0 Å². The zero-order valence-electron chi connectivity index (χ0n) is 26.7. The van der Waals surface area contributed by atoms with Crippen molar-refractivity contribution in [1.82, 2.24) is 0 Å². The predicted molar refractivity (Wildman–Crippen MR) is 208 cm³/mol. The Labute approximate surface area is 284 Å². The van der Waals surface area contributed by atoms with Crippen molar-refractivity contribution in [3.63, 3.8) is 0 Å². The molecule has 0 atom stereocenters. The molecule has 0 fully saturated rings. The molecule has 10 rings (SSSR count). The maximum atomic E-state index is 6.86. The Morgan fingerprint density at radius 3 is 1.47 bits per heavy atom. The fraction of sp³-hybridized carbons (Fsp3) is 0. The lowest BCUT2D eigenvalue weighted by atomic mass is 9.84. The van der Waals surface area contributed by atoms with E-state index in [0.29, 0.717) is 0 Å². The van der Waals surface area contributed by atoms with E-state index in [1.807, 2.05) is 0 Å². The van der Waals surface area contributed by atoms with Crippen molar-refractivity contribution in [1.29, 1.82) is 0 Å². The van der Waals surface area contributed by atoms with Crippen molar-refractivity contribution in [2.45, 2.75) is 0 Å². The Morgan fingerprint density at radius 1 is 0.286 bits per heavy atom. The minimum atomic E-state index is 0.896. The third kappa shape index (κ3) is 4.33. The van der Waals surface area contributed by atoms with Crippen molar-refractivity contribution in [3.8, 4) is 44.5 Å². The van der Waals surface area contributed by atoms with Gasteiger partial charge in [-0.25, -0.2) is 0 Å². The van der Waals surface area contributed by atoms with Gasteiger partial charge in [0, 0.05) is 21.9 Å². The Kier molecular flexibility index (Phi) is 6.25. The summed E-state index contributed by atoms with van der Waals surface area (Å²) in [5.41, 5.74) is 11.4. The summed E-state index contributed by atoms with van der Waals surface area (Å²) in [5.74, 6) is 0. The van der Waals surface area contributed by atoms with Gasteiger partial charge in [-0.1, -0.05) is 176 Å². The maximum absolute atomic E-state index is 6.86. The van der Waals surface area contributed by atoms with Crippen LogP contribution in [0.15, 0.2) is 186 Å². The molecule has 1 heterocycles. The number of para-hydroxylation sites is 1. The summed E-state index contributed by atoms with van der Waals surface area (Å²) in [6.45, 7) is 0. The number of furan rings is 1. The minimum Gasteiger partial charge on any atom is -0.455 e. The van der Waals surface area contributed by atoms with E-state index in [9.17, 15) is 0 Å². The van der Waals surface area contributed by atoms with Crippen LogP contribution in [-0.4, -0.2) is 0 Å². The molecule has 9 aromatic carbocycles. The molecular weight excluding hydrogens is 593 g/mol. The van der Waals surface area contributed by atoms with E-state index in [0.717, 1.165) is 27.5 Å². The van der Waals surface area contributed by atoms with Gasteiger partial charge in [-0.3, -0.25) is 0 Å². The van der Waals surface area contributed by atoms with Crippen LogP contribution in [0, 0.1) is 0 Å². The van der Waals surface area contributed by atoms with Gasteiger partial charge >= 0.3 is 0 Å². The highest BCUT2D eigenvalue weighted by molar-refractivity contribution is 6.26. The molecule has 0 radical (unpaired) electrons. The summed E-state index contributed by atoms with van der Waals surface area (Å²) in [5, 5.41) is 9.68. The highest BCUT2D eigenvalue weighted by Crippen LogP contribution is 2.48. The highest BCUT2D eigenvalue weighted by atomic mass is 16.3. The molecule has 0 unspecified atom stereocenters. The fourth-order valence-corrected chi connectivity index (χ4v) is 7.91. The number of hydrogen-bond donors (Lipinski definition) is 0. The first-order chi connectivity index (χ1) is 24.3. The van der Waals surface area contributed by atoms with Gasteiger partial charge in [0.25, 0.3) is 0 Å². The molecule has 1 aromatic heterocycles. The average molecular weight is 623 g/mol. The second kappa shape index (κ2) is 11.1. The van der Waals surface area contributed by atoms with Crippen LogP contribution < -0.4 is 0 Å². The number of benzene rings is 9. The van der Waals surface area contributed by atoms with Gasteiger partial charge < -0.3 is 4.42 Å². The van der Waals surface area contributed by atoms with Crippen LogP contribution in [0.1, 0.15) is 0 Å². The molecule has 0 amide bonds. The second-order valence-corrected chi connectivity index (χ2v) is 12.8. The standard InChI is InChI=1S/C48H30O/c1-2-13-31(14-3-1)32-27-29-34(30-28-32)36-22-12-26-44-47(36)43-25-11-24-42(48(43)49-44)46-40-20-8-6-18-38(40)45(39-19-7-9-21-41(39)46)37-23-10-16-33-15-4-5-17-35(33)37/h1-30H. The average Bonchev–Trinajstić information content (AvgIpc) is 3.57. The van der Waals surface area contributed by atoms with Gasteiger partial charge in [0.05, 0.1) is 0 Å². The maximum Gasteiger partial charge on any atom is 0.143 e. The molecule has 0 saturated heterocycles. The molecule has 0 aliphatic rings. The number of hydrogen-bond acceptors (Lipinski definition) is 1. The Balaban J connectivity index is 1.23. The van der Waals surface area contributed by atoms with Gasteiger partial charge in [0.2, 0.25) is 0 Å². The van der Waals surface area contributed by atoms with Crippen LogP contribution in [0.4, 0.5) is 0 Å². The highest BCUT2D eigenvalue weighted by Gasteiger charge is 2.21. The molecule has 0 saturated carbocycles. The quantitative estimate of drug-likeness (QED) is 0.178. The Bertz CT molecular complexity index is 2790. The van der Waals surface area contributed by atoms with Crippen LogP contribution in [0.2, 0.25) is 0 Å². The van der Waals surface area contributed by atoms with Crippen LogP contribution in [0.5, 0.6) is 0 Å². The molecule has 10 aromatic rings. The van der Waals surface area contributed by atoms with E-state index in [-0.39, 0.29) is 0 Å².